The van der Waals surface area contributed by atoms with E-state index in [-0.39, 0.29) is 23.9 Å². The zero-order chi connectivity index (χ0) is 16.8. The molecule has 1 fully saturated rings. The number of urea groups is 1. The number of hydrogen-bond donors (Lipinski definition) is 3. The molecule has 0 radical (unpaired) electrons. The first-order valence-corrected chi connectivity index (χ1v) is 7.59. The molecule has 23 heavy (non-hydrogen) atoms. The lowest BCUT2D eigenvalue weighted by atomic mass is 10.0. The van der Waals surface area contributed by atoms with Crippen molar-refractivity contribution >= 4 is 11.9 Å². The number of nitrogens with one attached hydrogen (secondary N) is 2. The van der Waals surface area contributed by atoms with Gasteiger partial charge in [-0.3, -0.25) is 4.79 Å². The molecule has 4 N–H and O–H groups in total. The third-order valence-corrected chi connectivity index (χ3v) is 4.10. The van der Waals surface area contributed by atoms with Crippen LogP contribution in [0.25, 0.3) is 0 Å². The van der Waals surface area contributed by atoms with Crippen molar-refractivity contribution < 1.29 is 19.1 Å². The van der Waals surface area contributed by atoms with Crippen molar-refractivity contribution in [3.05, 3.63) is 23.8 Å². The Kier molecular flexibility index (Phi) is 5.67. The van der Waals surface area contributed by atoms with Gasteiger partial charge in [0.05, 0.1) is 20.1 Å². The lowest BCUT2D eigenvalue weighted by Gasteiger charge is -2.18. The van der Waals surface area contributed by atoms with Crippen molar-refractivity contribution in [2.75, 3.05) is 14.2 Å². The van der Waals surface area contributed by atoms with Crippen molar-refractivity contribution in [3.63, 3.8) is 0 Å². The summed E-state index contributed by atoms with van der Waals surface area (Å²) in [6.45, 7) is 0.347. The third kappa shape index (κ3) is 4.28. The third-order valence-electron chi connectivity index (χ3n) is 4.10. The average Bonchev–Trinajstić information content (AvgIpc) is 3.00. The summed E-state index contributed by atoms with van der Waals surface area (Å²) in [5.74, 6) is 0.613. The number of nitrogens with two attached hydrogens (primary N) is 1. The predicted octanol–water partition coefficient (Wildman–Crippen LogP) is 1.16. The molecule has 0 unspecified atom stereocenters. The molecular formula is C16H23N3O4. The molecule has 1 aromatic rings. The molecule has 7 nitrogen and oxygen atoms in total. The van der Waals surface area contributed by atoms with Gasteiger partial charge in [-0.2, -0.15) is 0 Å². The van der Waals surface area contributed by atoms with Crippen molar-refractivity contribution in [1.29, 1.82) is 0 Å². The maximum Gasteiger partial charge on any atom is 0.315 e. The SMILES string of the molecule is COc1ccc(CNC(=O)N[C@H]2CCC[C@@H]2C(N)=O)cc1OC. The van der Waals surface area contributed by atoms with Gasteiger partial charge in [-0.15, -0.1) is 0 Å². The first-order chi connectivity index (χ1) is 11.0. The highest BCUT2D eigenvalue weighted by Crippen LogP contribution is 2.27. The lowest BCUT2D eigenvalue weighted by molar-refractivity contribution is -0.122. The van der Waals surface area contributed by atoms with Gasteiger partial charge in [0.1, 0.15) is 0 Å². The van der Waals surface area contributed by atoms with Crippen molar-refractivity contribution in [3.8, 4) is 11.5 Å². The number of rotatable bonds is 6. The van der Waals surface area contributed by atoms with Crippen LogP contribution in [0.5, 0.6) is 11.5 Å². The Balaban J connectivity index is 1.88. The molecule has 0 bridgehead atoms. The number of carbonyl (C=O) groups excluding carboxylic acids is 2. The Morgan fingerprint density at radius 1 is 1.22 bits per heavy atom. The lowest BCUT2D eigenvalue weighted by Crippen LogP contribution is -2.46. The predicted molar refractivity (Wildman–Crippen MR) is 85.2 cm³/mol. The topological polar surface area (TPSA) is 103 Å². The van der Waals surface area contributed by atoms with Crippen molar-refractivity contribution in [2.24, 2.45) is 11.7 Å². The Morgan fingerprint density at radius 3 is 2.61 bits per heavy atom. The van der Waals surface area contributed by atoms with Crippen molar-refractivity contribution in [2.45, 2.75) is 31.8 Å². The summed E-state index contributed by atoms with van der Waals surface area (Å²) < 4.78 is 10.4. The normalized spacial score (nSPS) is 19.9. The molecule has 2 rings (SSSR count). The zero-order valence-electron chi connectivity index (χ0n) is 13.4. The Morgan fingerprint density at radius 2 is 1.96 bits per heavy atom. The number of hydrogen-bond acceptors (Lipinski definition) is 4. The fourth-order valence-corrected chi connectivity index (χ4v) is 2.87. The van der Waals surface area contributed by atoms with Gasteiger partial charge in [0.15, 0.2) is 11.5 Å². The van der Waals surface area contributed by atoms with E-state index in [0.717, 1.165) is 24.8 Å². The van der Waals surface area contributed by atoms with Crippen LogP contribution in [0.2, 0.25) is 0 Å². The summed E-state index contributed by atoms with van der Waals surface area (Å²) in [6, 6.07) is 4.95. The summed E-state index contributed by atoms with van der Waals surface area (Å²) in [4.78, 5) is 23.3. The van der Waals surface area contributed by atoms with E-state index in [0.29, 0.717) is 18.0 Å². The largest absolute Gasteiger partial charge is 0.493 e. The van der Waals surface area contributed by atoms with Crippen LogP contribution in [0.3, 0.4) is 0 Å². The van der Waals surface area contributed by atoms with Gasteiger partial charge in [-0.1, -0.05) is 12.5 Å². The second-order valence-electron chi connectivity index (χ2n) is 5.56. The average molecular weight is 321 g/mol. The number of primary amides is 1. The molecule has 1 aromatic carbocycles. The van der Waals surface area contributed by atoms with Crippen LogP contribution in [0, 0.1) is 5.92 Å². The fraction of sp³-hybridized carbons (Fsp3) is 0.500. The van der Waals surface area contributed by atoms with Crippen LogP contribution in [0.15, 0.2) is 18.2 Å². The van der Waals surface area contributed by atoms with Gasteiger partial charge < -0.3 is 25.8 Å². The van der Waals surface area contributed by atoms with Gasteiger partial charge in [0.25, 0.3) is 0 Å². The zero-order valence-corrected chi connectivity index (χ0v) is 13.4. The van der Waals surface area contributed by atoms with Gasteiger partial charge in [0, 0.05) is 12.6 Å². The molecular weight excluding hydrogens is 298 g/mol. The quantitative estimate of drug-likeness (QED) is 0.731. The molecule has 0 heterocycles. The summed E-state index contributed by atoms with van der Waals surface area (Å²) in [5.41, 5.74) is 6.24. The highest BCUT2D eigenvalue weighted by molar-refractivity contribution is 5.80. The molecule has 0 aromatic heterocycles. The molecule has 1 aliphatic rings. The number of amides is 3. The summed E-state index contributed by atoms with van der Waals surface area (Å²) in [6.07, 6.45) is 2.40. The first-order valence-electron chi connectivity index (χ1n) is 7.59. The Bertz CT molecular complexity index is 576. The number of carbonyl (C=O) groups is 2. The second-order valence-corrected chi connectivity index (χ2v) is 5.56. The highest BCUT2D eigenvalue weighted by Gasteiger charge is 2.32. The van der Waals surface area contributed by atoms with E-state index in [1.54, 1.807) is 26.4 Å². The minimum Gasteiger partial charge on any atom is -0.493 e. The van der Waals surface area contributed by atoms with E-state index in [1.807, 2.05) is 6.07 Å². The van der Waals surface area contributed by atoms with Crippen LogP contribution >= 0.6 is 0 Å². The van der Waals surface area contributed by atoms with E-state index < -0.39 is 0 Å². The summed E-state index contributed by atoms with van der Waals surface area (Å²) >= 11 is 0. The molecule has 1 aliphatic carbocycles. The van der Waals surface area contributed by atoms with Crippen molar-refractivity contribution in [1.82, 2.24) is 10.6 Å². The fourth-order valence-electron chi connectivity index (χ4n) is 2.87. The molecule has 126 valence electrons. The van der Waals surface area contributed by atoms with E-state index in [1.165, 1.54) is 0 Å². The van der Waals surface area contributed by atoms with E-state index in [9.17, 15) is 9.59 Å². The number of methoxy groups -OCH3 is 2. The minimum atomic E-state index is -0.354. The van der Waals surface area contributed by atoms with Crippen LogP contribution < -0.4 is 25.8 Å². The van der Waals surface area contributed by atoms with Gasteiger partial charge in [-0.25, -0.2) is 4.79 Å². The molecule has 1 saturated carbocycles. The number of ether oxygens (including phenoxy) is 2. The second kappa shape index (κ2) is 7.71. The molecule has 2 atom stereocenters. The number of benzene rings is 1. The molecule has 0 spiro atoms. The highest BCUT2D eigenvalue weighted by atomic mass is 16.5. The maximum absolute atomic E-state index is 12.0. The van der Waals surface area contributed by atoms with Crippen LogP contribution in [0.1, 0.15) is 24.8 Å². The standard InChI is InChI=1S/C16H23N3O4/c1-22-13-7-6-10(8-14(13)23-2)9-18-16(21)19-12-5-3-4-11(12)15(17)20/h6-8,11-12H,3-5,9H2,1-2H3,(H2,17,20)(H2,18,19,21)/t11-,12-/m0/s1. The van der Waals surface area contributed by atoms with Crippen LogP contribution in [-0.2, 0) is 11.3 Å². The minimum absolute atomic E-state index is 0.182. The molecule has 7 heteroatoms. The maximum atomic E-state index is 12.0. The van der Waals surface area contributed by atoms with Gasteiger partial charge in [0.2, 0.25) is 5.91 Å². The van der Waals surface area contributed by atoms with Gasteiger partial charge >= 0.3 is 6.03 Å². The molecule has 3 amide bonds. The first kappa shape index (κ1) is 16.9. The van der Waals surface area contributed by atoms with E-state index >= 15 is 0 Å². The smallest absolute Gasteiger partial charge is 0.315 e. The Labute approximate surface area is 135 Å². The summed E-state index contributed by atoms with van der Waals surface area (Å²) in [7, 11) is 3.13. The van der Waals surface area contributed by atoms with Crippen LogP contribution in [0.4, 0.5) is 4.79 Å². The van der Waals surface area contributed by atoms with Crippen LogP contribution in [-0.4, -0.2) is 32.2 Å². The monoisotopic (exact) mass is 321 g/mol. The molecule has 0 saturated heterocycles. The summed E-state index contributed by atoms with van der Waals surface area (Å²) in [5, 5.41) is 5.60. The van der Waals surface area contributed by atoms with E-state index in [2.05, 4.69) is 10.6 Å². The van der Waals surface area contributed by atoms with E-state index in [4.69, 9.17) is 15.2 Å². The Hall–Kier alpha value is -2.44. The van der Waals surface area contributed by atoms with Gasteiger partial charge in [-0.05, 0) is 30.5 Å². The molecule has 0 aliphatic heterocycles.